The first-order chi connectivity index (χ1) is 9.55. The van der Waals surface area contributed by atoms with Crippen molar-refractivity contribution in [3.05, 3.63) is 71.3 Å². The maximum atomic E-state index is 12.4. The average molecular weight is 276 g/mol. The van der Waals surface area contributed by atoms with E-state index in [9.17, 15) is 13.2 Å². The summed E-state index contributed by atoms with van der Waals surface area (Å²) in [5.41, 5.74) is 0.772. The first-order valence-corrected chi connectivity index (χ1v) is 5.90. The van der Waals surface area contributed by atoms with E-state index in [1.165, 1.54) is 12.1 Å². The van der Waals surface area contributed by atoms with Crippen LogP contribution in [0.25, 0.3) is 0 Å². The van der Waals surface area contributed by atoms with Gasteiger partial charge < -0.3 is 4.74 Å². The lowest BCUT2D eigenvalue weighted by Crippen LogP contribution is -2.04. The van der Waals surface area contributed by atoms with Crippen molar-refractivity contribution in [1.82, 2.24) is 0 Å². The second kappa shape index (κ2) is 6.16. The predicted molar refractivity (Wildman–Crippen MR) is 69.6 cm³/mol. The van der Waals surface area contributed by atoms with E-state index < -0.39 is 11.7 Å². The molecule has 4 heteroatoms. The molecule has 2 aromatic rings. The van der Waals surface area contributed by atoms with E-state index in [2.05, 4.69) is 12.0 Å². The second-order valence-electron chi connectivity index (χ2n) is 4.08. The second-order valence-corrected chi connectivity index (χ2v) is 4.08. The molecule has 0 amide bonds. The monoisotopic (exact) mass is 276 g/mol. The van der Waals surface area contributed by atoms with Crippen molar-refractivity contribution in [3.8, 4) is 12.0 Å². The van der Waals surface area contributed by atoms with Crippen LogP contribution in [0.1, 0.15) is 16.7 Å². The van der Waals surface area contributed by atoms with Gasteiger partial charge in [-0.15, -0.1) is 0 Å². The van der Waals surface area contributed by atoms with Gasteiger partial charge in [0, 0.05) is 5.56 Å². The van der Waals surface area contributed by atoms with Crippen molar-refractivity contribution >= 4 is 0 Å². The Morgan fingerprint density at radius 3 is 2.15 bits per heavy atom. The van der Waals surface area contributed by atoms with Crippen LogP contribution in [-0.2, 0) is 17.5 Å². The van der Waals surface area contributed by atoms with Crippen LogP contribution in [0, 0.1) is 12.0 Å². The zero-order valence-electron chi connectivity index (χ0n) is 10.4. The van der Waals surface area contributed by atoms with Crippen molar-refractivity contribution in [2.24, 2.45) is 0 Å². The molecule has 0 aliphatic carbocycles. The highest BCUT2D eigenvalue weighted by atomic mass is 19.4. The summed E-state index contributed by atoms with van der Waals surface area (Å²) >= 11 is 0. The molecule has 0 unspecified atom stereocenters. The Morgan fingerprint density at radius 2 is 1.55 bits per heavy atom. The molecule has 1 nitrogen and oxygen atoms in total. The fourth-order valence-electron chi connectivity index (χ4n) is 1.53. The average Bonchev–Trinajstić information content (AvgIpc) is 2.44. The first-order valence-electron chi connectivity index (χ1n) is 5.90. The summed E-state index contributed by atoms with van der Waals surface area (Å²) in [7, 11) is 0. The van der Waals surface area contributed by atoms with Crippen molar-refractivity contribution in [2.45, 2.75) is 12.8 Å². The molecule has 0 radical (unpaired) electrons. The van der Waals surface area contributed by atoms with Gasteiger partial charge in [0.15, 0.2) is 0 Å². The SMILES string of the molecule is FC(F)(F)c1ccc(C#COCc2ccccc2)cc1. The van der Waals surface area contributed by atoms with Crippen LogP contribution in [0.15, 0.2) is 54.6 Å². The van der Waals surface area contributed by atoms with E-state index >= 15 is 0 Å². The summed E-state index contributed by atoms with van der Waals surface area (Å²) in [6.07, 6.45) is -1.85. The van der Waals surface area contributed by atoms with Crippen molar-refractivity contribution < 1.29 is 17.9 Å². The molecule has 0 saturated carbocycles. The lowest BCUT2D eigenvalue weighted by Gasteiger charge is -2.05. The summed E-state index contributed by atoms with van der Waals surface area (Å²) < 4.78 is 42.2. The highest BCUT2D eigenvalue weighted by Crippen LogP contribution is 2.28. The van der Waals surface area contributed by atoms with Crippen molar-refractivity contribution in [3.63, 3.8) is 0 Å². The van der Waals surface area contributed by atoms with Gasteiger partial charge in [0.2, 0.25) is 0 Å². The first kappa shape index (κ1) is 14.0. The number of hydrogen-bond acceptors (Lipinski definition) is 1. The van der Waals surface area contributed by atoms with Gasteiger partial charge in [0.1, 0.15) is 12.7 Å². The standard InChI is InChI=1S/C16H11F3O/c17-16(18,19)15-8-6-13(7-9-15)10-11-20-12-14-4-2-1-3-5-14/h1-9H,12H2. The fourth-order valence-corrected chi connectivity index (χ4v) is 1.53. The topological polar surface area (TPSA) is 9.23 Å². The lowest BCUT2D eigenvalue weighted by molar-refractivity contribution is -0.137. The van der Waals surface area contributed by atoms with Crippen LogP contribution < -0.4 is 0 Å². The van der Waals surface area contributed by atoms with Crippen LogP contribution in [0.5, 0.6) is 0 Å². The molecular weight excluding hydrogens is 265 g/mol. The van der Waals surface area contributed by atoms with Gasteiger partial charge in [-0.05, 0) is 35.7 Å². The molecule has 0 N–H and O–H groups in total. The van der Waals surface area contributed by atoms with Gasteiger partial charge in [0.25, 0.3) is 0 Å². The Kier molecular flexibility index (Phi) is 4.31. The van der Waals surface area contributed by atoms with Gasteiger partial charge in [-0.3, -0.25) is 0 Å². The van der Waals surface area contributed by atoms with Gasteiger partial charge in [0.05, 0.1) is 5.56 Å². The Bertz CT molecular complexity index is 604. The highest BCUT2D eigenvalue weighted by molar-refractivity contribution is 5.36. The number of halogens is 3. The third-order valence-electron chi connectivity index (χ3n) is 2.56. The normalized spacial score (nSPS) is 10.6. The number of alkyl halides is 3. The van der Waals surface area contributed by atoms with Gasteiger partial charge >= 0.3 is 6.18 Å². The quantitative estimate of drug-likeness (QED) is 0.746. The van der Waals surface area contributed by atoms with Crippen LogP contribution in [-0.4, -0.2) is 0 Å². The summed E-state index contributed by atoms with van der Waals surface area (Å²) in [4.78, 5) is 0. The number of ether oxygens (including phenoxy) is 1. The molecule has 0 fully saturated rings. The fraction of sp³-hybridized carbons (Fsp3) is 0.125. The molecule has 20 heavy (non-hydrogen) atoms. The van der Waals surface area contributed by atoms with Gasteiger partial charge in [-0.1, -0.05) is 30.3 Å². The van der Waals surface area contributed by atoms with Crippen LogP contribution in [0.4, 0.5) is 13.2 Å². The number of benzene rings is 2. The lowest BCUT2D eigenvalue weighted by atomic mass is 10.1. The molecule has 0 atom stereocenters. The summed E-state index contributed by atoms with van der Waals surface area (Å²) in [5, 5.41) is 0. The van der Waals surface area contributed by atoms with Crippen molar-refractivity contribution in [1.29, 1.82) is 0 Å². The largest absolute Gasteiger partial charge is 0.441 e. The van der Waals surface area contributed by atoms with E-state index in [1.807, 2.05) is 30.3 Å². The maximum Gasteiger partial charge on any atom is 0.416 e. The summed E-state index contributed by atoms with van der Waals surface area (Å²) in [6.45, 7) is 0.342. The zero-order chi connectivity index (χ0) is 14.4. The molecule has 0 aliphatic heterocycles. The van der Waals surface area contributed by atoms with Gasteiger partial charge in [-0.2, -0.15) is 13.2 Å². The Balaban J connectivity index is 1.93. The minimum Gasteiger partial charge on any atom is -0.441 e. The minimum absolute atomic E-state index is 0.342. The molecule has 102 valence electrons. The van der Waals surface area contributed by atoms with Crippen LogP contribution >= 0.6 is 0 Å². The van der Waals surface area contributed by atoms with E-state index in [1.54, 1.807) is 0 Å². The summed E-state index contributed by atoms with van der Waals surface area (Å²) in [6, 6.07) is 14.1. The molecule has 0 bridgehead atoms. The van der Waals surface area contributed by atoms with E-state index in [0.717, 1.165) is 17.7 Å². The molecule has 2 rings (SSSR count). The molecule has 0 aromatic heterocycles. The molecular formula is C16H11F3O. The Hall–Kier alpha value is -2.41. The van der Waals surface area contributed by atoms with Crippen molar-refractivity contribution in [2.75, 3.05) is 0 Å². The van der Waals surface area contributed by atoms with E-state index in [-0.39, 0.29) is 0 Å². The minimum atomic E-state index is -4.32. The third kappa shape index (κ3) is 4.06. The predicted octanol–water partition coefficient (Wildman–Crippen LogP) is 4.23. The number of hydrogen-bond donors (Lipinski definition) is 0. The van der Waals surface area contributed by atoms with E-state index in [4.69, 9.17) is 4.74 Å². The van der Waals surface area contributed by atoms with Gasteiger partial charge in [-0.25, -0.2) is 0 Å². The number of rotatable bonds is 2. The molecule has 2 aromatic carbocycles. The van der Waals surface area contributed by atoms with E-state index in [0.29, 0.717) is 12.2 Å². The zero-order valence-corrected chi connectivity index (χ0v) is 10.4. The molecule has 0 spiro atoms. The summed E-state index contributed by atoms with van der Waals surface area (Å²) in [5.74, 6) is 2.65. The molecule has 0 heterocycles. The van der Waals surface area contributed by atoms with Crippen LogP contribution in [0.2, 0.25) is 0 Å². The smallest absolute Gasteiger partial charge is 0.416 e. The Morgan fingerprint density at radius 1 is 0.900 bits per heavy atom. The molecule has 0 aliphatic rings. The molecule has 0 saturated heterocycles. The third-order valence-corrected chi connectivity index (χ3v) is 2.56. The maximum absolute atomic E-state index is 12.4. The highest BCUT2D eigenvalue weighted by Gasteiger charge is 2.29. The Labute approximate surface area is 115 Å². The van der Waals surface area contributed by atoms with Crippen LogP contribution in [0.3, 0.4) is 0 Å².